The zero-order valence-electron chi connectivity index (χ0n) is 9.81. The quantitative estimate of drug-likeness (QED) is 0.728. The Morgan fingerprint density at radius 2 is 2.00 bits per heavy atom. The van der Waals surface area contributed by atoms with Crippen LogP contribution in [0.15, 0.2) is 0 Å². The molecule has 1 nitrogen and oxygen atoms in total. The lowest BCUT2D eigenvalue weighted by molar-refractivity contribution is 0.224. The van der Waals surface area contributed by atoms with Gasteiger partial charge in [0.1, 0.15) is 0 Å². The van der Waals surface area contributed by atoms with E-state index in [2.05, 4.69) is 19.2 Å². The lowest BCUT2D eigenvalue weighted by atomic mass is 9.81. The third kappa shape index (κ3) is 2.31. The van der Waals surface area contributed by atoms with Crippen LogP contribution in [-0.4, -0.2) is 12.1 Å². The van der Waals surface area contributed by atoms with Gasteiger partial charge in [0.2, 0.25) is 0 Å². The van der Waals surface area contributed by atoms with E-state index in [4.69, 9.17) is 0 Å². The highest BCUT2D eigenvalue weighted by molar-refractivity contribution is 5.02. The van der Waals surface area contributed by atoms with Crippen molar-refractivity contribution in [3.05, 3.63) is 0 Å². The van der Waals surface area contributed by atoms with Crippen molar-refractivity contribution in [2.24, 2.45) is 11.8 Å². The van der Waals surface area contributed by atoms with E-state index in [0.717, 1.165) is 11.8 Å². The summed E-state index contributed by atoms with van der Waals surface area (Å²) in [6.45, 7) is 6.01. The Morgan fingerprint density at radius 1 is 1.21 bits per heavy atom. The topological polar surface area (TPSA) is 12.0 Å². The fourth-order valence-corrected chi connectivity index (χ4v) is 3.22. The van der Waals surface area contributed by atoms with Crippen molar-refractivity contribution in [1.29, 1.82) is 0 Å². The summed E-state index contributed by atoms with van der Waals surface area (Å²) in [6, 6.07) is 0. The molecular weight excluding hydrogens is 170 g/mol. The molecule has 2 fully saturated rings. The third-order valence-electron chi connectivity index (χ3n) is 3.91. The van der Waals surface area contributed by atoms with E-state index in [0.29, 0.717) is 5.54 Å². The van der Waals surface area contributed by atoms with Crippen LogP contribution in [0.5, 0.6) is 0 Å². The molecular formula is C13H25N. The zero-order chi connectivity index (χ0) is 10.0. The second-order valence-corrected chi connectivity index (χ2v) is 5.77. The van der Waals surface area contributed by atoms with E-state index in [1.165, 1.54) is 51.5 Å². The maximum absolute atomic E-state index is 3.89. The van der Waals surface area contributed by atoms with Gasteiger partial charge in [0.15, 0.2) is 0 Å². The summed E-state index contributed by atoms with van der Waals surface area (Å²) in [5.74, 6) is 1.86. The average molecular weight is 195 g/mol. The van der Waals surface area contributed by atoms with Gasteiger partial charge in [0, 0.05) is 5.54 Å². The minimum atomic E-state index is 0.546. The van der Waals surface area contributed by atoms with E-state index >= 15 is 0 Å². The largest absolute Gasteiger partial charge is 0.311 e. The molecule has 14 heavy (non-hydrogen) atoms. The highest BCUT2D eigenvalue weighted by Crippen LogP contribution is 2.46. The normalized spacial score (nSPS) is 34.5. The standard InChI is InChI=1S/C13H25N/c1-11(2)10-13(12-6-7-12)8-4-3-5-9-14-13/h11-12,14H,3-10H2,1-2H3. The summed E-state index contributed by atoms with van der Waals surface area (Å²) in [6.07, 6.45) is 10.1. The van der Waals surface area contributed by atoms with E-state index in [1.807, 2.05) is 0 Å². The minimum absolute atomic E-state index is 0.546. The van der Waals surface area contributed by atoms with Gasteiger partial charge >= 0.3 is 0 Å². The van der Waals surface area contributed by atoms with Crippen molar-refractivity contribution in [1.82, 2.24) is 5.32 Å². The van der Waals surface area contributed by atoms with Gasteiger partial charge < -0.3 is 5.32 Å². The Bertz CT molecular complexity index is 174. The van der Waals surface area contributed by atoms with E-state index < -0.39 is 0 Å². The third-order valence-corrected chi connectivity index (χ3v) is 3.91. The summed E-state index contributed by atoms with van der Waals surface area (Å²) in [7, 11) is 0. The maximum Gasteiger partial charge on any atom is 0.0212 e. The van der Waals surface area contributed by atoms with Gasteiger partial charge in [-0.25, -0.2) is 0 Å². The molecule has 1 saturated carbocycles. The average Bonchev–Trinajstić information content (AvgIpc) is 2.89. The molecule has 1 atom stereocenters. The van der Waals surface area contributed by atoms with Crippen LogP contribution in [0, 0.1) is 11.8 Å². The highest BCUT2D eigenvalue weighted by atomic mass is 15.0. The Labute approximate surface area is 88.7 Å². The summed E-state index contributed by atoms with van der Waals surface area (Å²) in [5.41, 5.74) is 0.546. The van der Waals surface area contributed by atoms with E-state index in [9.17, 15) is 0 Å². The Morgan fingerprint density at radius 3 is 2.64 bits per heavy atom. The van der Waals surface area contributed by atoms with Crippen molar-refractivity contribution >= 4 is 0 Å². The molecule has 1 heteroatoms. The maximum atomic E-state index is 3.89. The zero-order valence-corrected chi connectivity index (χ0v) is 9.81. The molecule has 0 aromatic carbocycles. The Balaban J connectivity index is 2.02. The fourth-order valence-electron chi connectivity index (χ4n) is 3.22. The molecule has 2 aliphatic rings. The van der Waals surface area contributed by atoms with Crippen LogP contribution in [0.3, 0.4) is 0 Å². The van der Waals surface area contributed by atoms with Crippen LogP contribution < -0.4 is 5.32 Å². The van der Waals surface area contributed by atoms with Gasteiger partial charge in [-0.05, 0) is 50.5 Å². The predicted octanol–water partition coefficient (Wildman–Crippen LogP) is 3.34. The molecule has 0 aromatic heterocycles. The number of rotatable bonds is 3. The smallest absolute Gasteiger partial charge is 0.0212 e. The van der Waals surface area contributed by atoms with Gasteiger partial charge in [-0.1, -0.05) is 26.7 Å². The lowest BCUT2D eigenvalue weighted by Crippen LogP contribution is -2.47. The highest BCUT2D eigenvalue weighted by Gasteiger charge is 2.44. The molecule has 0 radical (unpaired) electrons. The molecule has 1 heterocycles. The van der Waals surface area contributed by atoms with Crippen molar-refractivity contribution < 1.29 is 0 Å². The number of hydrogen-bond acceptors (Lipinski definition) is 1. The molecule has 0 aromatic rings. The van der Waals surface area contributed by atoms with Crippen LogP contribution in [0.4, 0.5) is 0 Å². The molecule has 0 amide bonds. The molecule has 2 rings (SSSR count). The Hall–Kier alpha value is -0.0400. The molecule has 1 unspecified atom stereocenters. The second kappa shape index (κ2) is 4.22. The van der Waals surface area contributed by atoms with Gasteiger partial charge in [-0.15, -0.1) is 0 Å². The van der Waals surface area contributed by atoms with Crippen molar-refractivity contribution in [3.63, 3.8) is 0 Å². The van der Waals surface area contributed by atoms with Crippen molar-refractivity contribution in [2.75, 3.05) is 6.54 Å². The monoisotopic (exact) mass is 195 g/mol. The number of nitrogens with one attached hydrogen (secondary N) is 1. The summed E-state index contributed by atoms with van der Waals surface area (Å²) < 4.78 is 0. The molecule has 1 aliphatic carbocycles. The molecule has 1 N–H and O–H groups in total. The molecule has 0 spiro atoms. The molecule has 82 valence electrons. The van der Waals surface area contributed by atoms with Crippen LogP contribution in [0.2, 0.25) is 0 Å². The van der Waals surface area contributed by atoms with E-state index in [-0.39, 0.29) is 0 Å². The second-order valence-electron chi connectivity index (χ2n) is 5.77. The Kier molecular flexibility index (Phi) is 3.16. The van der Waals surface area contributed by atoms with Gasteiger partial charge in [-0.3, -0.25) is 0 Å². The van der Waals surface area contributed by atoms with Crippen LogP contribution >= 0.6 is 0 Å². The minimum Gasteiger partial charge on any atom is -0.311 e. The van der Waals surface area contributed by atoms with Crippen LogP contribution in [0.25, 0.3) is 0 Å². The number of hydrogen-bond donors (Lipinski definition) is 1. The van der Waals surface area contributed by atoms with Crippen molar-refractivity contribution in [3.8, 4) is 0 Å². The first-order valence-electron chi connectivity index (χ1n) is 6.48. The molecule has 1 saturated heterocycles. The van der Waals surface area contributed by atoms with Gasteiger partial charge in [-0.2, -0.15) is 0 Å². The lowest BCUT2D eigenvalue weighted by Gasteiger charge is -2.36. The van der Waals surface area contributed by atoms with Gasteiger partial charge in [0.05, 0.1) is 0 Å². The van der Waals surface area contributed by atoms with Crippen LogP contribution in [0.1, 0.15) is 58.8 Å². The fraction of sp³-hybridized carbons (Fsp3) is 1.00. The molecule has 1 aliphatic heterocycles. The molecule has 0 bridgehead atoms. The SMILES string of the molecule is CC(C)CC1(C2CC2)CCCCCN1. The summed E-state index contributed by atoms with van der Waals surface area (Å²) in [4.78, 5) is 0. The predicted molar refractivity (Wildman–Crippen MR) is 61.4 cm³/mol. The van der Waals surface area contributed by atoms with Crippen molar-refractivity contribution in [2.45, 2.75) is 64.3 Å². The first-order chi connectivity index (χ1) is 6.73. The van der Waals surface area contributed by atoms with E-state index in [1.54, 1.807) is 0 Å². The summed E-state index contributed by atoms with van der Waals surface area (Å²) in [5, 5.41) is 3.89. The van der Waals surface area contributed by atoms with Crippen LogP contribution in [-0.2, 0) is 0 Å². The van der Waals surface area contributed by atoms with Gasteiger partial charge in [0.25, 0.3) is 0 Å². The summed E-state index contributed by atoms with van der Waals surface area (Å²) >= 11 is 0. The first-order valence-corrected chi connectivity index (χ1v) is 6.48. The first kappa shape index (κ1) is 10.5.